The Morgan fingerprint density at radius 3 is 3.05 bits per heavy atom. The molecule has 5 heteroatoms. The highest BCUT2D eigenvalue weighted by Gasteiger charge is 2.34. The maximum absolute atomic E-state index is 12.0. The number of cyclic esters (lactones) is 1. The molecule has 0 spiro atoms. The predicted molar refractivity (Wildman–Crippen MR) is 74.3 cm³/mol. The van der Waals surface area contributed by atoms with Crippen LogP contribution in [-0.4, -0.2) is 30.3 Å². The Bertz CT molecular complexity index is 620. The van der Waals surface area contributed by atoms with E-state index in [-0.39, 0.29) is 12.2 Å². The Morgan fingerprint density at radius 2 is 2.26 bits per heavy atom. The van der Waals surface area contributed by atoms with Gasteiger partial charge in [0.1, 0.15) is 6.10 Å². The van der Waals surface area contributed by atoms with Crippen LogP contribution >= 0.6 is 0 Å². The van der Waals surface area contributed by atoms with Gasteiger partial charge in [-0.05, 0) is 26.0 Å². The Hall–Kier alpha value is -2.01. The van der Waals surface area contributed by atoms with Gasteiger partial charge < -0.3 is 15.5 Å². The number of H-pyrrole nitrogens is 1. The normalized spacial score (nSPS) is 19.2. The molecule has 1 unspecified atom stereocenters. The van der Waals surface area contributed by atoms with Gasteiger partial charge in [0, 0.05) is 16.6 Å². The molecule has 3 N–H and O–H groups in total. The molecule has 2 aromatic rings. The lowest BCUT2D eigenvalue weighted by Gasteiger charge is -2.13. The van der Waals surface area contributed by atoms with Crippen molar-refractivity contribution in [3.63, 3.8) is 0 Å². The Balaban J connectivity index is 2.00. The molecule has 2 heterocycles. The van der Waals surface area contributed by atoms with Crippen LogP contribution in [-0.2, 0) is 4.74 Å². The molecule has 1 aromatic carbocycles. The number of benzene rings is 1. The summed E-state index contributed by atoms with van der Waals surface area (Å²) < 4.78 is 5.34. The van der Waals surface area contributed by atoms with Gasteiger partial charge in [0.05, 0.1) is 12.2 Å². The number of carbonyl (C=O) groups is 1. The van der Waals surface area contributed by atoms with Crippen molar-refractivity contribution in [1.29, 1.82) is 0 Å². The van der Waals surface area contributed by atoms with Gasteiger partial charge in [0.25, 0.3) is 0 Å². The number of nitrogens with one attached hydrogen (secondary N) is 1. The summed E-state index contributed by atoms with van der Waals surface area (Å²) in [5, 5.41) is 1.05. The zero-order chi connectivity index (χ0) is 13.4. The third-order valence-electron chi connectivity index (χ3n) is 3.49. The number of hydrogen-bond donors (Lipinski definition) is 2. The molecule has 19 heavy (non-hydrogen) atoms. The average Bonchev–Trinajstić information content (AvgIpc) is 2.89. The van der Waals surface area contributed by atoms with Crippen molar-refractivity contribution >= 4 is 22.7 Å². The van der Waals surface area contributed by atoms with Crippen LogP contribution in [0.4, 0.5) is 10.5 Å². The van der Waals surface area contributed by atoms with Crippen molar-refractivity contribution in [3.05, 3.63) is 30.0 Å². The predicted octanol–water partition coefficient (Wildman–Crippen LogP) is 2.15. The highest BCUT2D eigenvalue weighted by Crippen LogP contribution is 2.33. The molecular formula is C14H17N3O2. The Kier molecular flexibility index (Phi) is 2.91. The summed E-state index contributed by atoms with van der Waals surface area (Å²) in [4.78, 5) is 17.0. The molecule has 5 nitrogen and oxygen atoms in total. The molecule has 0 aliphatic carbocycles. The van der Waals surface area contributed by atoms with Crippen LogP contribution < -0.4 is 10.6 Å². The van der Waals surface area contributed by atoms with Crippen molar-refractivity contribution in [2.45, 2.75) is 19.4 Å². The summed E-state index contributed by atoms with van der Waals surface area (Å²) in [6, 6.07) is 7.96. The molecule has 0 bridgehead atoms. The van der Waals surface area contributed by atoms with Gasteiger partial charge in [-0.1, -0.05) is 18.2 Å². The molecule has 100 valence electrons. The minimum atomic E-state index is -0.286. The van der Waals surface area contributed by atoms with Crippen LogP contribution in [0.2, 0.25) is 0 Å². The van der Waals surface area contributed by atoms with Gasteiger partial charge in [0.2, 0.25) is 0 Å². The smallest absolute Gasteiger partial charge is 0.414 e. The number of para-hydroxylation sites is 1. The van der Waals surface area contributed by atoms with E-state index in [1.165, 1.54) is 0 Å². The van der Waals surface area contributed by atoms with E-state index in [0.29, 0.717) is 19.5 Å². The Labute approximate surface area is 111 Å². The van der Waals surface area contributed by atoms with Crippen LogP contribution in [0.15, 0.2) is 24.3 Å². The molecule has 0 saturated carbocycles. The zero-order valence-electron chi connectivity index (χ0n) is 10.8. The number of carbonyl (C=O) groups excluding carboxylic acids is 1. The van der Waals surface area contributed by atoms with Crippen LogP contribution in [0, 0.1) is 6.92 Å². The minimum absolute atomic E-state index is 0.106. The van der Waals surface area contributed by atoms with E-state index in [2.05, 4.69) is 4.98 Å². The van der Waals surface area contributed by atoms with Gasteiger partial charge in [-0.15, -0.1) is 0 Å². The number of fused-ring (bicyclic) bond motifs is 1. The number of aromatic amines is 1. The number of ether oxygens (including phenoxy) is 1. The topological polar surface area (TPSA) is 71.3 Å². The summed E-state index contributed by atoms with van der Waals surface area (Å²) in [5.74, 6) is 0. The maximum Gasteiger partial charge on any atom is 0.414 e. The van der Waals surface area contributed by atoms with Gasteiger partial charge in [0.15, 0.2) is 0 Å². The fourth-order valence-electron chi connectivity index (χ4n) is 2.65. The second kappa shape index (κ2) is 4.59. The van der Waals surface area contributed by atoms with Gasteiger partial charge in [-0.25, -0.2) is 4.79 Å². The molecule has 1 amide bonds. The minimum Gasteiger partial charge on any atom is -0.444 e. The number of anilines is 1. The third kappa shape index (κ3) is 1.96. The van der Waals surface area contributed by atoms with Crippen molar-refractivity contribution < 1.29 is 9.53 Å². The number of aryl methyl sites for hydroxylation is 1. The van der Waals surface area contributed by atoms with Crippen molar-refractivity contribution in [2.75, 3.05) is 18.0 Å². The first kappa shape index (κ1) is 12.0. The van der Waals surface area contributed by atoms with Crippen molar-refractivity contribution in [1.82, 2.24) is 4.98 Å². The summed E-state index contributed by atoms with van der Waals surface area (Å²) in [6.07, 6.45) is 0.306. The first-order valence-electron chi connectivity index (χ1n) is 6.46. The van der Waals surface area contributed by atoms with E-state index in [4.69, 9.17) is 10.5 Å². The summed E-state index contributed by atoms with van der Waals surface area (Å²) in [6.45, 7) is 3.07. The maximum atomic E-state index is 12.0. The van der Waals surface area contributed by atoms with E-state index in [1.807, 2.05) is 31.2 Å². The highest BCUT2D eigenvalue weighted by molar-refractivity contribution is 6.03. The van der Waals surface area contributed by atoms with Crippen LogP contribution in [0.1, 0.15) is 12.1 Å². The first-order chi connectivity index (χ1) is 9.20. The quantitative estimate of drug-likeness (QED) is 0.887. The average molecular weight is 259 g/mol. The fourth-order valence-corrected chi connectivity index (χ4v) is 2.65. The summed E-state index contributed by atoms with van der Waals surface area (Å²) in [5.41, 5.74) is 8.45. The lowest BCUT2D eigenvalue weighted by molar-refractivity contribution is 0.138. The number of nitrogens with two attached hydrogens (primary N) is 1. The van der Waals surface area contributed by atoms with Crippen molar-refractivity contribution in [3.8, 4) is 0 Å². The standard InChI is InChI=1S/C14H17N3O2/c1-9-13(11-4-2-3-5-12(11)16-9)17-8-10(6-7-15)19-14(17)18/h2-5,10,16H,6-8,15H2,1H3. The summed E-state index contributed by atoms with van der Waals surface area (Å²) in [7, 11) is 0. The highest BCUT2D eigenvalue weighted by atomic mass is 16.6. The van der Waals surface area contributed by atoms with Crippen LogP contribution in [0.5, 0.6) is 0 Å². The van der Waals surface area contributed by atoms with E-state index < -0.39 is 0 Å². The summed E-state index contributed by atoms with van der Waals surface area (Å²) >= 11 is 0. The fraction of sp³-hybridized carbons (Fsp3) is 0.357. The number of hydrogen-bond acceptors (Lipinski definition) is 3. The largest absolute Gasteiger partial charge is 0.444 e. The molecule has 1 atom stereocenters. The first-order valence-corrected chi connectivity index (χ1v) is 6.46. The molecular weight excluding hydrogens is 242 g/mol. The van der Waals surface area contributed by atoms with Crippen LogP contribution in [0.25, 0.3) is 10.9 Å². The van der Waals surface area contributed by atoms with E-state index in [0.717, 1.165) is 22.3 Å². The molecule has 0 radical (unpaired) electrons. The molecule has 3 rings (SSSR count). The SMILES string of the molecule is Cc1[nH]c2ccccc2c1N1CC(CCN)OC1=O. The Morgan fingerprint density at radius 1 is 1.47 bits per heavy atom. The van der Waals surface area contributed by atoms with E-state index in [1.54, 1.807) is 4.90 Å². The van der Waals surface area contributed by atoms with Crippen molar-refractivity contribution in [2.24, 2.45) is 5.73 Å². The molecule has 1 aliphatic heterocycles. The number of aromatic nitrogens is 1. The zero-order valence-corrected chi connectivity index (χ0v) is 10.8. The number of nitrogens with zero attached hydrogens (tertiary/aromatic N) is 1. The molecule has 1 aromatic heterocycles. The monoisotopic (exact) mass is 259 g/mol. The van der Waals surface area contributed by atoms with Gasteiger partial charge >= 0.3 is 6.09 Å². The van der Waals surface area contributed by atoms with Gasteiger partial charge in [-0.3, -0.25) is 4.90 Å². The number of amides is 1. The second-order valence-corrected chi connectivity index (χ2v) is 4.84. The van der Waals surface area contributed by atoms with Gasteiger partial charge in [-0.2, -0.15) is 0 Å². The third-order valence-corrected chi connectivity index (χ3v) is 3.49. The molecule has 1 fully saturated rings. The number of rotatable bonds is 3. The van der Waals surface area contributed by atoms with Crippen LogP contribution in [0.3, 0.4) is 0 Å². The molecule has 1 saturated heterocycles. The van der Waals surface area contributed by atoms with E-state index in [9.17, 15) is 4.79 Å². The lowest BCUT2D eigenvalue weighted by Crippen LogP contribution is -2.25. The second-order valence-electron chi connectivity index (χ2n) is 4.84. The molecule has 1 aliphatic rings. The van der Waals surface area contributed by atoms with E-state index >= 15 is 0 Å². The lowest BCUT2D eigenvalue weighted by atomic mass is 10.2.